The van der Waals surface area contributed by atoms with E-state index in [-0.39, 0.29) is 11.6 Å². The zero-order valence-electron chi connectivity index (χ0n) is 10.9. The quantitative estimate of drug-likeness (QED) is 0.848. The monoisotopic (exact) mass is 341 g/mol. The Hall–Kier alpha value is -1.62. The van der Waals surface area contributed by atoms with E-state index in [1.54, 1.807) is 18.2 Å². The largest absolute Gasteiger partial charge is 0.492 e. The van der Waals surface area contributed by atoms with E-state index in [1.165, 1.54) is 18.2 Å². The molecule has 20 heavy (non-hydrogen) atoms. The van der Waals surface area contributed by atoms with Gasteiger partial charge in [0.25, 0.3) is 0 Å². The molecular formula is C15H14BrF2NO. The van der Waals surface area contributed by atoms with Gasteiger partial charge in [0.1, 0.15) is 17.4 Å². The average Bonchev–Trinajstić information content (AvgIpc) is 2.40. The summed E-state index contributed by atoms with van der Waals surface area (Å²) in [5, 5.41) is 3.05. The zero-order chi connectivity index (χ0) is 14.5. The summed E-state index contributed by atoms with van der Waals surface area (Å²) in [7, 11) is 0. The summed E-state index contributed by atoms with van der Waals surface area (Å²) < 4.78 is 32.9. The smallest absolute Gasteiger partial charge is 0.145 e. The normalized spacial score (nSPS) is 10.4. The van der Waals surface area contributed by atoms with Gasteiger partial charge in [-0.3, -0.25) is 0 Å². The summed E-state index contributed by atoms with van der Waals surface area (Å²) in [5.41, 5.74) is 1.16. The minimum atomic E-state index is -0.367. The van der Waals surface area contributed by atoms with Gasteiger partial charge in [-0.1, -0.05) is 22.0 Å². The minimum absolute atomic E-state index is 0.296. The molecule has 2 aromatic rings. The number of benzene rings is 2. The van der Waals surface area contributed by atoms with Crippen molar-refractivity contribution >= 4 is 21.6 Å². The molecule has 0 radical (unpaired) electrons. The molecule has 0 spiro atoms. The van der Waals surface area contributed by atoms with Crippen LogP contribution < -0.4 is 10.1 Å². The molecule has 0 aliphatic carbocycles. The van der Waals surface area contributed by atoms with Gasteiger partial charge in [0.05, 0.1) is 12.3 Å². The first-order valence-corrected chi connectivity index (χ1v) is 6.99. The van der Waals surface area contributed by atoms with Crippen LogP contribution in [-0.4, -0.2) is 6.61 Å². The van der Waals surface area contributed by atoms with Crippen LogP contribution in [0.1, 0.15) is 12.5 Å². The van der Waals surface area contributed by atoms with E-state index in [1.807, 2.05) is 6.92 Å². The fourth-order valence-electron chi connectivity index (χ4n) is 1.77. The molecule has 0 saturated heterocycles. The number of hydrogen-bond donors (Lipinski definition) is 1. The first-order valence-electron chi connectivity index (χ1n) is 6.20. The third-order valence-corrected chi connectivity index (χ3v) is 3.22. The van der Waals surface area contributed by atoms with E-state index >= 15 is 0 Å². The van der Waals surface area contributed by atoms with Gasteiger partial charge in [-0.2, -0.15) is 0 Å². The summed E-state index contributed by atoms with van der Waals surface area (Å²) in [6.07, 6.45) is 0. The van der Waals surface area contributed by atoms with Crippen molar-refractivity contribution in [3.63, 3.8) is 0 Å². The summed E-state index contributed by atoms with van der Waals surface area (Å²) in [5.74, 6) is -0.245. The highest BCUT2D eigenvalue weighted by molar-refractivity contribution is 9.10. The van der Waals surface area contributed by atoms with Crippen molar-refractivity contribution in [1.29, 1.82) is 0 Å². The Labute approximate surface area is 124 Å². The number of ether oxygens (including phenoxy) is 1. The number of rotatable bonds is 5. The topological polar surface area (TPSA) is 21.3 Å². The highest BCUT2D eigenvalue weighted by Gasteiger charge is 2.07. The van der Waals surface area contributed by atoms with E-state index in [2.05, 4.69) is 21.2 Å². The van der Waals surface area contributed by atoms with E-state index in [0.29, 0.717) is 34.6 Å². The Balaban J connectivity index is 2.14. The maximum Gasteiger partial charge on any atom is 0.145 e. The lowest BCUT2D eigenvalue weighted by molar-refractivity contribution is 0.339. The van der Waals surface area contributed by atoms with Crippen LogP contribution in [0, 0.1) is 11.6 Å². The molecule has 2 rings (SSSR count). The Morgan fingerprint density at radius 1 is 1.15 bits per heavy atom. The summed E-state index contributed by atoms with van der Waals surface area (Å²) in [6.45, 7) is 2.55. The molecule has 0 aliphatic heterocycles. The first-order chi connectivity index (χ1) is 9.60. The van der Waals surface area contributed by atoms with Gasteiger partial charge >= 0.3 is 0 Å². The van der Waals surface area contributed by atoms with Crippen LogP contribution in [0.5, 0.6) is 5.75 Å². The average molecular weight is 342 g/mol. The maximum absolute atomic E-state index is 13.7. The maximum atomic E-state index is 13.7. The summed E-state index contributed by atoms with van der Waals surface area (Å²) in [4.78, 5) is 0. The van der Waals surface area contributed by atoms with Gasteiger partial charge in [0.2, 0.25) is 0 Å². The lowest BCUT2D eigenvalue weighted by Gasteiger charge is -2.13. The highest BCUT2D eigenvalue weighted by Crippen LogP contribution is 2.26. The molecule has 0 heterocycles. The van der Waals surface area contributed by atoms with E-state index in [4.69, 9.17) is 4.74 Å². The van der Waals surface area contributed by atoms with Crippen LogP contribution in [0.25, 0.3) is 0 Å². The lowest BCUT2D eigenvalue weighted by Crippen LogP contribution is -2.04. The molecule has 0 atom stereocenters. The Morgan fingerprint density at radius 2 is 1.95 bits per heavy atom. The molecular weight excluding hydrogens is 328 g/mol. The van der Waals surface area contributed by atoms with Crippen molar-refractivity contribution in [2.24, 2.45) is 0 Å². The van der Waals surface area contributed by atoms with E-state index in [0.717, 1.165) is 0 Å². The lowest BCUT2D eigenvalue weighted by atomic mass is 10.2. The van der Waals surface area contributed by atoms with Gasteiger partial charge in [-0.25, -0.2) is 8.78 Å². The Morgan fingerprint density at radius 3 is 2.65 bits per heavy atom. The fourth-order valence-corrected chi connectivity index (χ4v) is 2.11. The molecule has 0 aliphatic rings. The van der Waals surface area contributed by atoms with Crippen molar-refractivity contribution in [3.05, 3.63) is 58.1 Å². The van der Waals surface area contributed by atoms with Crippen molar-refractivity contribution in [2.75, 3.05) is 11.9 Å². The second-order valence-electron chi connectivity index (χ2n) is 4.16. The summed E-state index contributed by atoms with van der Waals surface area (Å²) in [6, 6.07) is 9.10. The molecule has 0 fully saturated rings. The molecule has 106 valence electrons. The van der Waals surface area contributed by atoms with Crippen molar-refractivity contribution in [2.45, 2.75) is 13.5 Å². The molecule has 0 aromatic heterocycles. The second kappa shape index (κ2) is 6.70. The number of halogens is 3. The SMILES string of the molecule is CCOc1cc(F)ccc1NCc1ccc(Br)cc1F. The molecule has 2 aromatic carbocycles. The van der Waals surface area contributed by atoms with Crippen LogP contribution in [0.15, 0.2) is 40.9 Å². The number of nitrogens with one attached hydrogen (secondary N) is 1. The zero-order valence-corrected chi connectivity index (χ0v) is 12.5. The predicted molar refractivity (Wildman–Crippen MR) is 79.0 cm³/mol. The van der Waals surface area contributed by atoms with Crippen molar-refractivity contribution in [3.8, 4) is 5.75 Å². The molecule has 0 saturated carbocycles. The third-order valence-electron chi connectivity index (χ3n) is 2.73. The molecule has 0 unspecified atom stereocenters. The van der Waals surface area contributed by atoms with Gasteiger partial charge < -0.3 is 10.1 Å². The van der Waals surface area contributed by atoms with Gasteiger partial charge in [0.15, 0.2) is 0 Å². The van der Waals surface area contributed by atoms with Crippen molar-refractivity contribution in [1.82, 2.24) is 0 Å². The van der Waals surface area contributed by atoms with E-state index in [9.17, 15) is 8.78 Å². The molecule has 0 amide bonds. The van der Waals surface area contributed by atoms with Crippen LogP contribution in [0.3, 0.4) is 0 Å². The van der Waals surface area contributed by atoms with Crippen molar-refractivity contribution < 1.29 is 13.5 Å². The summed E-state index contributed by atoms with van der Waals surface area (Å²) >= 11 is 3.21. The standard InChI is InChI=1S/C15H14BrF2NO/c1-2-20-15-8-12(17)5-6-14(15)19-9-10-3-4-11(16)7-13(10)18/h3-8,19H,2,9H2,1H3. The third kappa shape index (κ3) is 3.70. The predicted octanol–water partition coefficient (Wildman–Crippen LogP) is 4.74. The van der Waals surface area contributed by atoms with Crippen LogP contribution in [0.2, 0.25) is 0 Å². The molecule has 0 bridgehead atoms. The number of anilines is 1. The first kappa shape index (κ1) is 14.8. The molecule has 5 heteroatoms. The van der Waals surface area contributed by atoms with Crippen LogP contribution >= 0.6 is 15.9 Å². The minimum Gasteiger partial charge on any atom is -0.492 e. The van der Waals surface area contributed by atoms with Crippen LogP contribution in [-0.2, 0) is 6.54 Å². The van der Waals surface area contributed by atoms with Gasteiger partial charge in [0, 0.05) is 22.6 Å². The van der Waals surface area contributed by atoms with E-state index < -0.39 is 0 Å². The molecule has 2 nitrogen and oxygen atoms in total. The number of hydrogen-bond acceptors (Lipinski definition) is 2. The molecule has 1 N–H and O–H groups in total. The Bertz CT molecular complexity index is 604. The van der Waals surface area contributed by atoms with Gasteiger partial charge in [-0.05, 0) is 31.2 Å². The highest BCUT2D eigenvalue weighted by atomic mass is 79.9. The van der Waals surface area contributed by atoms with Gasteiger partial charge in [-0.15, -0.1) is 0 Å². The Kier molecular flexibility index (Phi) is 4.95. The second-order valence-corrected chi connectivity index (χ2v) is 5.08. The van der Waals surface area contributed by atoms with Crippen LogP contribution in [0.4, 0.5) is 14.5 Å². The fraction of sp³-hybridized carbons (Fsp3) is 0.200.